The molecule has 1 unspecified atom stereocenters. The van der Waals surface area contributed by atoms with E-state index in [0.717, 1.165) is 24.5 Å². The molecule has 1 aliphatic rings. The highest BCUT2D eigenvalue weighted by atomic mass is 35.5. The van der Waals surface area contributed by atoms with Crippen LogP contribution in [0.15, 0.2) is 0 Å². The number of hydrogen-bond acceptors (Lipinski definition) is 2. The Labute approximate surface area is 95.8 Å². The third-order valence-electron chi connectivity index (χ3n) is 3.19. The van der Waals surface area contributed by atoms with Crippen molar-refractivity contribution in [3.8, 4) is 0 Å². The van der Waals surface area contributed by atoms with E-state index in [2.05, 4.69) is 28.8 Å². The molecule has 0 radical (unpaired) electrons. The monoisotopic (exact) mass is 227 g/mol. The summed E-state index contributed by atoms with van der Waals surface area (Å²) in [5.74, 6) is 1.34. The fourth-order valence-electron chi connectivity index (χ4n) is 1.78. The van der Waals surface area contributed by atoms with Crippen molar-refractivity contribution in [3.05, 3.63) is 11.4 Å². The number of hydrogen-bond donors (Lipinski definition) is 0. The van der Waals surface area contributed by atoms with Crippen LogP contribution in [0.3, 0.4) is 0 Å². The van der Waals surface area contributed by atoms with Gasteiger partial charge in [-0.1, -0.05) is 12.1 Å². The lowest BCUT2D eigenvalue weighted by Gasteiger charge is -2.12. The van der Waals surface area contributed by atoms with Crippen LogP contribution in [-0.4, -0.2) is 15.0 Å². The lowest BCUT2D eigenvalue weighted by molar-refractivity contribution is 0.444. The summed E-state index contributed by atoms with van der Waals surface area (Å²) in [5, 5.41) is 8.39. The molecule has 15 heavy (non-hydrogen) atoms. The van der Waals surface area contributed by atoms with E-state index in [9.17, 15) is 0 Å². The maximum atomic E-state index is 5.88. The van der Waals surface area contributed by atoms with E-state index in [-0.39, 0.29) is 0 Å². The highest BCUT2D eigenvalue weighted by Gasteiger charge is 2.26. The summed E-state index contributed by atoms with van der Waals surface area (Å²) in [6.07, 6.45) is 4.91. The molecule has 4 heteroatoms. The fraction of sp³-hybridized carbons (Fsp3) is 0.818. The summed E-state index contributed by atoms with van der Waals surface area (Å²) >= 11 is 5.88. The van der Waals surface area contributed by atoms with E-state index in [0.29, 0.717) is 11.9 Å². The topological polar surface area (TPSA) is 30.7 Å². The number of aromatic nitrogens is 3. The van der Waals surface area contributed by atoms with Crippen molar-refractivity contribution in [2.45, 2.75) is 51.5 Å². The number of halogens is 1. The lowest BCUT2D eigenvalue weighted by Crippen LogP contribution is -2.11. The van der Waals surface area contributed by atoms with Crippen molar-refractivity contribution in [1.82, 2.24) is 15.0 Å². The van der Waals surface area contributed by atoms with Gasteiger partial charge >= 0.3 is 0 Å². The third-order valence-corrected chi connectivity index (χ3v) is 3.44. The van der Waals surface area contributed by atoms with Crippen molar-refractivity contribution >= 4 is 11.6 Å². The molecule has 0 N–H and O–H groups in total. The largest absolute Gasteiger partial charge is 0.246 e. The molecular formula is C11H18ClN3. The van der Waals surface area contributed by atoms with Gasteiger partial charge in [0.25, 0.3) is 0 Å². The van der Waals surface area contributed by atoms with Crippen molar-refractivity contribution in [2.75, 3.05) is 0 Å². The first-order valence-corrected chi connectivity index (χ1v) is 6.28. The Morgan fingerprint density at radius 3 is 2.80 bits per heavy atom. The molecule has 1 saturated carbocycles. The van der Waals surface area contributed by atoms with Crippen LogP contribution in [0.1, 0.15) is 50.5 Å². The van der Waals surface area contributed by atoms with Gasteiger partial charge < -0.3 is 0 Å². The van der Waals surface area contributed by atoms with Crippen LogP contribution in [-0.2, 0) is 12.3 Å². The SMILES string of the molecule is CCC(C)n1nnc(CCl)c1CC1CC1. The van der Waals surface area contributed by atoms with E-state index in [1.807, 2.05) is 0 Å². The molecule has 1 aliphatic carbocycles. The summed E-state index contributed by atoms with van der Waals surface area (Å²) in [6, 6.07) is 0.434. The molecule has 0 bridgehead atoms. The molecule has 1 aromatic rings. The summed E-state index contributed by atoms with van der Waals surface area (Å²) < 4.78 is 2.07. The van der Waals surface area contributed by atoms with Crippen LogP contribution in [0.2, 0.25) is 0 Å². The first kappa shape index (κ1) is 10.9. The van der Waals surface area contributed by atoms with Gasteiger partial charge in [0.15, 0.2) is 0 Å². The maximum absolute atomic E-state index is 5.88. The van der Waals surface area contributed by atoms with Gasteiger partial charge in [0, 0.05) is 0 Å². The second kappa shape index (κ2) is 4.52. The van der Waals surface area contributed by atoms with Crippen LogP contribution >= 0.6 is 11.6 Å². The fourth-order valence-corrected chi connectivity index (χ4v) is 1.99. The average molecular weight is 228 g/mol. The molecule has 3 nitrogen and oxygen atoms in total. The zero-order chi connectivity index (χ0) is 10.8. The van der Waals surface area contributed by atoms with Crippen molar-refractivity contribution in [3.63, 3.8) is 0 Å². The molecule has 0 aliphatic heterocycles. The van der Waals surface area contributed by atoms with E-state index in [1.54, 1.807) is 0 Å². The van der Waals surface area contributed by atoms with Gasteiger partial charge in [-0.2, -0.15) is 0 Å². The lowest BCUT2D eigenvalue weighted by atomic mass is 10.1. The predicted molar refractivity (Wildman–Crippen MR) is 61.0 cm³/mol. The second-order valence-electron chi connectivity index (χ2n) is 4.47. The molecule has 1 aromatic heterocycles. The Morgan fingerprint density at radius 1 is 1.53 bits per heavy atom. The van der Waals surface area contributed by atoms with Gasteiger partial charge in [-0.05, 0) is 38.5 Å². The Bertz CT molecular complexity index is 331. The van der Waals surface area contributed by atoms with Gasteiger partial charge in [0.05, 0.1) is 17.6 Å². The third kappa shape index (κ3) is 2.33. The normalized spacial score (nSPS) is 18.1. The molecule has 0 aromatic carbocycles. The average Bonchev–Trinajstić information content (AvgIpc) is 2.97. The zero-order valence-electron chi connectivity index (χ0n) is 9.41. The van der Waals surface area contributed by atoms with Gasteiger partial charge in [-0.3, -0.25) is 0 Å². The van der Waals surface area contributed by atoms with Crippen molar-refractivity contribution in [1.29, 1.82) is 0 Å². The molecule has 1 heterocycles. The first-order valence-electron chi connectivity index (χ1n) is 5.75. The zero-order valence-corrected chi connectivity index (χ0v) is 10.2. The molecule has 0 amide bonds. The highest BCUT2D eigenvalue weighted by molar-refractivity contribution is 6.16. The smallest absolute Gasteiger partial charge is 0.101 e. The highest BCUT2D eigenvalue weighted by Crippen LogP contribution is 2.34. The first-order chi connectivity index (χ1) is 7.26. The van der Waals surface area contributed by atoms with Gasteiger partial charge in [0.1, 0.15) is 5.69 Å². The Balaban J connectivity index is 2.23. The molecule has 1 atom stereocenters. The van der Waals surface area contributed by atoms with Crippen LogP contribution in [0.5, 0.6) is 0 Å². The molecule has 1 fully saturated rings. The summed E-state index contributed by atoms with van der Waals surface area (Å²) in [6.45, 7) is 4.36. The van der Waals surface area contributed by atoms with E-state index < -0.39 is 0 Å². The van der Waals surface area contributed by atoms with Crippen LogP contribution in [0.25, 0.3) is 0 Å². The minimum Gasteiger partial charge on any atom is -0.246 e. The van der Waals surface area contributed by atoms with Gasteiger partial charge in [-0.15, -0.1) is 16.7 Å². The van der Waals surface area contributed by atoms with E-state index in [1.165, 1.54) is 18.5 Å². The van der Waals surface area contributed by atoms with Crippen LogP contribution in [0.4, 0.5) is 0 Å². The molecular weight excluding hydrogens is 210 g/mol. The number of nitrogens with zero attached hydrogens (tertiary/aromatic N) is 3. The summed E-state index contributed by atoms with van der Waals surface area (Å²) in [7, 11) is 0. The van der Waals surface area contributed by atoms with Gasteiger partial charge in [-0.25, -0.2) is 4.68 Å². The minimum absolute atomic E-state index is 0.434. The van der Waals surface area contributed by atoms with Crippen LogP contribution < -0.4 is 0 Å². The van der Waals surface area contributed by atoms with E-state index in [4.69, 9.17) is 11.6 Å². The summed E-state index contributed by atoms with van der Waals surface area (Å²) in [4.78, 5) is 0. The maximum Gasteiger partial charge on any atom is 0.101 e. The Morgan fingerprint density at radius 2 is 2.27 bits per heavy atom. The van der Waals surface area contributed by atoms with Crippen molar-refractivity contribution in [2.24, 2.45) is 5.92 Å². The number of alkyl halides is 1. The van der Waals surface area contributed by atoms with E-state index >= 15 is 0 Å². The Hall–Kier alpha value is -0.570. The predicted octanol–water partition coefficient (Wildman–Crippen LogP) is 2.94. The molecule has 0 spiro atoms. The van der Waals surface area contributed by atoms with Crippen LogP contribution in [0, 0.1) is 5.92 Å². The molecule has 2 rings (SSSR count). The van der Waals surface area contributed by atoms with Gasteiger partial charge in [0.2, 0.25) is 0 Å². The number of rotatable bonds is 5. The van der Waals surface area contributed by atoms with Crippen molar-refractivity contribution < 1.29 is 0 Å². The molecule has 0 saturated heterocycles. The molecule has 84 valence electrons. The second-order valence-corrected chi connectivity index (χ2v) is 4.73. The Kier molecular flexibility index (Phi) is 3.29. The minimum atomic E-state index is 0.434. The quantitative estimate of drug-likeness (QED) is 0.725. The summed E-state index contributed by atoms with van der Waals surface area (Å²) in [5.41, 5.74) is 2.24. The standard InChI is InChI=1S/C11H18ClN3/c1-3-8(2)15-11(6-9-4-5-9)10(7-12)13-14-15/h8-9H,3-7H2,1-2H3.